The van der Waals surface area contributed by atoms with Gasteiger partial charge in [-0.05, 0) is 95.0 Å². The summed E-state index contributed by atoms with van der Waals surface area (Å²) in [6.07, 6.45) is 0. The first kappa shape index (κ1) is 12.9. The molecule has 1 nitrogen and oxygen atoms in total. The van der Waals surface area contributed by atoms with Crippen LogP contribution in [0, 0.1) is 0 Å². The minimum absolute atomic E-state index is 0.0825. The van der Waals surface area contributed by atoms with Crippen molar-refractivity contribution in [2.45, 2.75) is 0 Å². The van der Waals surface area contributed by atoms with Crippen molar-refractivity contribution in [1.29, 1.82) is 0 Å². The molecule has 0 fully saturated rings. The predicted octanol–water partition coefficient (Wildman–Crippen LogP) is 13.7. The molecular weight excluding hydrogens is 593 g/mol. The summed E-state index contributed by atoms with van der Waals surface area (Å²) in [5.74, 6) is 0. The van der Waals surface area contributed by atoms with Crippen molar-refractivity contribution in [3.05, 3.63) is 181 Å². The van der Waals surface area contributed by atoms with E-state index in [-0.39, 0.29) is 54.6 Å². The SMILES string of the molecule is [2H]c1c([2H])c([2H])c(-c2c3c([2H])c([2H])c([2H])c([2H])c3c(-c3ccc(-c4c([2H])c([2H])c5c(oc6c([2H])c([2H])c([2H])c(-c7c([2H])c([2H])c([2H])c([2H])c7[2H])c65)c4[2H])c4ccccc34)c3c([2H])c([2H])c([2H])c([2H])c23)c([2H])c1[2H]. The fraction of sp³-hybridized carbons (Fsp3) is 0. The molecule has 0 aliphatic carbocycles. The van der Waals surface area contributed by atoms with Gasteiger partial charge in [0.15, 0.2) is 0 Å². The molecule has 0 N–H and O–H groups in total. The second-order valence-corrected chi connectivity index (χ2v) is 11.0. The average Bonchev–Trinajstić information content (AvgIpc) is 3.78. The third-order valence-electron chi connectivity index (χ3n) is 8.41. The molecule has 1 heterocycles. The fourth-order valence-electron chi connectivity index (χ4n) is 6.40. The smallest absolute Gasteiger partial charge is 0.136 e. The molecule has 0 bridgehead atoms. The number of furan rings is 1. The van der Waals surface area contributed by atoms with Gasteiger partial charge < -0.3 is 4.42 Å². The second kappa shape index (κ2) is 11.1. The lowest BCUT2D eigenvalue weighted by Gasteiger charge is -2.19. The minimum atomic E-state index is -0.819. The molecule has 228 valence electrons. The zero-order valence-corrected chi connectivity index (χ0v) is 24.9. The van der Waals surface area contributed by atoms with Crippen molar-refractivity contribution < 1.29 is 37.3 Å². The number of rotatable bonds is 4. The molecule has 0 amide bonds. The zero-order chi connectivity index (χ0) is 53.2. The van der Waals surface area contributed by atoms with Crippen LogP contribution in [-0.2, 0) is 0 Å². The largest absolute Gasteiger partial charge is 0.456 e. The van der Waals surface area contributed by atoms with Gasteiger partial charge >= 0.3 is 0 Å². The lowest BCUT2D eigenvalue weighted by molar-refractivity contribution is 0.669. The Labute approximate surface area is 318 Å². The topological polar surface area (TPSA) is 13.1 Å². The van der Waals surface area contributed by atoms with E-state index >= 15 is 0 Å². The number of fused-ring (bicyclic) bond motifs is 6. The maximum atomic E-state index is 9.62. The molecular formula is C48H30O. The molecule has 49 heavy (non-hydrogen) atoms. The first-order chi connectivity index (χ1) is 34.3. The van der Waals surface area contributed by atoms with E-state index in [4.69, 9.17) is 27.7 Å². The van der Waals surface area contributed by atoms with Gasteiger partial charge in [-0.2, -0.15) is 0 Å². The number of hydrogen-bond acceptors (Lipinski definition) is 1. The Hall–Kier alpha value is -6.44. The quantitative estimate of drug-likeness (QED) is 0.173. The molecule has 0 radical (unpaired) electrons. The normalized spacial score (nSPS) is 18.5. The highest BCUT2D eigenvalue weighted by atomic mass is 16.3. The number of hydrogen-bond donors (Lipinski definition) is 0. The van der Waals surface area contributed by atoms with Crippen LogP contribution in [0.4, 0.5) is 0 Å². The van der Waals surface area contributed by atoms with Crippen molar-refractivity contribution in [3.63, 3.8) is 0 Å². The summed E-state index contributed by atoms with van der Waals surface area (Å²) in [5, 5.41) is -1.73. The van der Waals surface area contributed by atoms with Gasteiger partial charge in [0.05, 0.1) is 32.9 Å². The van der Waals surface area contributed by atoms with Crippen LogP contribution in [0.15, 0.2) is 186 Å². The van der Waals surface area contributed by atoms with Crippen molar-refractivity contribution in [3.8, 4) is 44.5 Å². The molecule has 10 aromatic rings. The molecule has 1 aromatic heterocycles. The first-order valence-electron chi connectivity index (χ1n) is 26.9. The molecule has 0 aliphatic heterocycles. The molecule has 0 saturated heterocycles. The standard InChI is InChI=1S/C48H30O/c1-3-14-31(15-4-1)35-24-13-25-44-48(35)43-27-26-33(30-45(43)49-44)34-28-29-42(37-19-8-7-18-36(34)37)47-40-22-11-9-20-38(40)46(32-16-5-2-6-17-32)39-21-10-12-23-41(39)47/h1-30H/i1D,2D,3D,4D,5D,6D,9D,10D,11D,12D,13D,14D,15D,16D,17D,20D,21D,22D,23D,24D,25D,26D,27D,30D. The lowest BCUT2D eigenvalue weighted by atomic mass is 9.84. The lowest BCUT2D eigenvalue weighted by Crippen LogP contribution is -1.92. The summed E-state index contributed by atoms with van der Waals surface area (Å²) in [6, 6.07) is -8.74. The summed E-state index contributed by atoms with van der Waals surface area (Å²) >= 11 is 0. The van der Waals surface area contributed by atoms with Crippen LogP contribution in [0.25, 0.3) is 98.8 Å². The molecule has 1 heteroatoms. The Bertz CT molecular complexity index is 4120. The second-order valence-electron chi connectivity index (χ2n) is 11.0. The van der Waals surface area contributed by atoms with E-state index in [1.54, 1.807) is 24.3 Å². The Morgan fingerprint density at radius 1 is 0.347 bits per heavy atom. The van der Waals surface area contributed by atoms with Crippen molar-refractivity contribution in [2.75, 3.05) is 0 Å². The van der Waals surface area contributed by atoms with E-state index in [0.717, 1.165) is 0 Å². The number of benzene rings is 9. The zero-order valence-electron chi connectivity index (χ0n) is 48.9. The van der Waals surface area contributed by atoms with E-state index in [9.17, 15) is 9.60 Å². The third-order valence-corrected chi connectivity index (χ3v) is 8.41. The monoisotopic (exact) mass is 646 g/mol. The highest BCUT2D eigenvalue weighted by Crippen LogP contribution is 2.47. The summed E-state index contributed by atoms with van der Waals surface area (Å²) < 4.78 is 219. The Kier molecular flexibility index (Phi) is 2.91. The molecule has 0 unspecified atom stereocenters. The summed E-state index contributed by atoms with van der Waals surface area (Å²) in [5.41, 5.74) is -3.14. The van der Waals surface area contributed by atoms with Gasteiger partial charge in [0.2, 0.25) is 0 Å². The molecule has 0 aliphatic rings. The predicted molar refractivity (Wildman–Crippen MR) is 208 cm³/mol. The maximum Gasteiger partial charge on any atom is 0.136 e. The van der Waals surface area contributed by atoms with Crippen LogP contribution in [0.3, 0.4) is 0 Å². The van der Waals surface area contributed by atoms with Crippen LogP contribution in [0.2, 0.25) is 0 Å². The van der Waals surface area contributed by atoms with Crippen LogP contribution < -0.4 is 0 Å². The highest BCUT2D eigenvalue weighted by Gasteiger charge is 2.19. The summed E-state index contributed by atoms with van der Waals surface area (Å²) in [4.78, 5) is 0. The van der Waals surface area contributed by atoms with Gasteiger partial charge in [-0.15, -0.1) is 0 Å². The minimum Gasteiger partial charge on any atom is -0.456 e. The molecule has 0 saturated carbocycles. The van der Waals surface area contributed by atoms with Crippen molar-refractivity contribution in [2.24, 2.45) is 0 Å². The summed E-state index contributed by atoms with van der Waals surface area (Å²) in [6.45, 7) is 0. The van der Waals surface area contributed by atoms with Crippen molar-refractivity contribution in [1.82, 2.24) is 0 Å². The first-order valence-corrected chi connectivity index (χ1v) is 14.9. The van der Waals surface area contributed by atoms with E-state index in [0.29, 0.717) is 0 Å². The van der Waals surface area contributed by atoms with Gasteiger partial charge in [0.25, 0.3) is 0 Å². The maximum absolute atomic E-state index is 9.62. The fourth-order valence-corrected chi connectivity index (χ4v) is 6.40. The van der Waals surface area contributed by atoms with Gasteiger partial charge in [-0.1, -0.05) is 163 Å². The summed E-state index contributed by atoms with van der Waals surface area (Å²) in [7, 11) is 0. The highest BCUT2D eigenvalue weighted by molar-refractivity contribution is 6.24. The van der Waals surface area contributed by atoms with Gasteiger partial charge in [-0.25, -0.2) is 0 Å². The Morgan fingerprint density at radius 3 is 1.59 bits per heavy atom. The van der Waals surface area contributed by atoms with E-state index in [1.165, 1.54) is 12.1 Å². The third kappa shape index (κ3) is 4.33. The Morgan fingerprint density at radius 2 is 0.918 bits per heavy atom. The molecule has 10 rings (SSSR count). The molecule has 0 atom stereocenters. The van der Waals surface area contributed by atoms with Gasteiger partial charge in [-0.3, -0.25) is 0 Å². The van der Waals surface area contributed by atoms with Crippen LogP contribution in [-0.4, -0.2) is 0 Å². The van der Waals surface area contributed by atoms with Crippen LogP contribution in [0.1, 0.15) is 32.9 Å². The van der Waals surface area contributed by atoms with E-state index in [2.05, 4.69) is 0 Å². The van der Waals surface area contributed by atoms with Gasteiger partial charge in [0, 0.05) is 10.8 Å². The van der Waals surface area contributed by atoms with E-state index < -0.39 is 189 Å². The molecule has 0 spiro atoms. The molecule has 9 aromatic carbocycles. The van der Waals surface area contributed by atoms with Crippen LogP contribution in [0.5, 0.6) is 0 Å². The van der Waals surface area contributed by atoms with Gasteiger partial charge in [0.1, 0.15) is 11.2 Å². The van der Waals surface area contributed by atoms with E-state index in [1.807, 2.05) is 0 Å². The van der Waals surface area contributed by atoms with Crippen LogP contribution >= 0.6 is 0 Å². The van der Waals surface area contributed by atoms with Crippen molar-refractivity contribution >= 4 is 54.3 Å². The average molecular weight is 647 g/mol. The Balaban J connectivity index is 1.36.